The molecule has 0 aliphatic carbocycles. The Kier molecular flexibility index (Phi) is 6.72. The number of Topliss-reactive ketones (excluding diaryl/α,β-unsaturated/α-hetero) is 1. The van der Waals surface area contributed by atoms with Crippen LogP contribution >= 0.6 is 0 Å². The molecule has 0 spiro atoms. The molecule has 9 heteroatoms. The van der Waals surface area contributed by atoms with Gasteiger partial charge in [-0.3, -0.25) is 14.2 Å². The first kappa shape index (κ1) is 22.1. The second kappa shape index (κ2) is 9.45. The van der Waals surface area contributed by atoms with Crippen LogP contribution in [0.5, 0.6) is 5.75 Å². The van der Waals surface area contributed by atoms with Crippen LogP contribution in [0.2, 0.25) is 0 Å². The van der Waals surface area contributed by atoms with E-state index in [1.54, 1.807) is 35.8 Å². The van der Waals surface area contributed by atoms with Crippen LogP contribution in [0.3, 0.4) is 0 Å². The Morgan fingerprint density at radius 3 is 2.77 bits per heavy atom. The highest BCUT2D eigenvalue weighted by atomic mass is 16.5. The molecular formula is C22H26N6O3. The first-order chi connectivity index (χ1) is 14.9. The van der Waals surface area contributed by atoms with Crippen LogP contribution in [-0.4, -0.2) is 51.9 Å². The molecule has 3 aromatic rings. The molecule has 2 N–H and O–H groups in total. The quantitative estimate of drug-likeness (QED) is 0.430. The summed E-state index contributed by atoms with van der Waals surface area (Å²) in [5, 5.41) is 4.17. The van der Waals surface area contributed by atoms with E-state index >= 15 is 0 Å². The fourth-order valence-corrected chi connectivity index (χ4v) is 3.40. The van der Waals surface area contributed by atoms with Crippen LogP contribution < -0.4 is 20.9 Å². The van der Waals surface area contributed by atoms with Crippen molar-refractivity contribution in [3.05, 3.63) is 46.4 Å². The predicted molar refractivity (Wildman–Crippen MR) is 119 cm³/mol. The Hall–Kier alpha value is -3.64. The number of ketones is 1. The van der Waals surface area contributed by atoms with E-state index in [0.29, 0.717) is 34.8 Å². The number of ether oxygens (including phenoxy) is 1. The number of carbonyl (C=O) groups is 1. The number of fused-ring (bicyclic) bond motifs is 1. The normalized spacial score (nSPS) is 11.6. The lowest BCUT2D eigenvalue weighted by atomic mass is 10.1. The fourth-order valence-electron chi connectivity index (χ4n) is 3.40. The number of nitrogens with zero attached hydrogens (tertiary/aromatic N) is 5. The summed E-state index contributed by atoms with van der Waals surface area (Å²) in [6.07, 6.45) is 1.49. The fraction of sp³-hybridized carbons (Fsp3) is 0.364. The highest BCUT2D eigenvalue weighted by Gasteiger charge is 2.20. The summed E-state index contributed by atoms with van der Waals surface area (Å²) in [7, 11) is 3.35. The van der Waals surface area contributed by atoms with Crippen molar-refractivity contribution in [2.24, 2.45) is 5.73 Å². The average molecular weight is 422 g/mol. The van der Waals surface area contributed by atoms with Crippen molar-refractivity contribution >= 4 is 22.8 Å². The van der Waals surface area contributed by atoms with Gasteiger partial charge < -0.3 is 15.4 Å². The minimum absolute atomic E-state index is 0.0798. The van der Waals surface area contributed by atoms with Gasteiger partial charge in [-0.1, -0.05) is 18.1 Å². The number of carbonyl (C=O) groups excluding carboxylic acids is 1. The van der Waals surface area contributed by atoms with Crippen molar-refractivity contribution in [3.63, 3.8) is 0 Å². The van der Waals surface area contributed by atoms with Gasteiger partial charge in [0.2, 0.25) is 5.95 Å². The van der Waals surface area contributed by atoms with E-state index in [4.69, 9.17) is 10.5 Å². The molecule has 1 aromatic carbocycles. The molecule has 0 amide bonds. The van der Waals surface area contributed by atoms with Gasteiger partial charge in [-0.25, -0.2) is 9.67 Å². The minimum Gasteiger partial charge on any atom is -0.496 e. The number of rotatable bonds is 8. The Morgan fingerprint density at radius 2 is 2.10 bits per heavy atom. The zero-order chi connectivity index (χ0) is 22.5. The van der Waals surface area contributed by atoms with Crippen LogP contribution in [0.15, 0.2) is 35.3 Å². The van der Waals surface area contributed by atoms with Crippen molar-refractivity contribution < 1.29 is 9.53 Å². The molecule has 9 nitrogen and oxygen atoms in total. The van der Waals surface area contributed by atoms with E-state index in [1.165, 1.54) is 13.3 Å². The number of methoxy groups -OCH3 is 1. The summed E-state index contributed by atoms with van der Waals surface area (Å²) < 4.78 is 8.14. The summed E-state index contributed by atoms with van der Waals surface area (Å²) in [5.41, 5.74) is 6.69. The molecular weight excluding hydrogens is 396 g/mol. The lowest BCUT2D eigenvalue weighted by molar-refractivity contribution is 0.0963. The van der Waals surface area contributed by atoms with Crippen molar-refractivity contribution in [2.45, 2.75) is 33.0 Å². The van der Waals surface area contributed by atoms with Gasteiger partial charge in [0.05, 0.1) is 25.4 Å². The van der Waals surface area contributed by atoms with Gasteiger partial charge in [-0.2, -0.15) is 5.10 Å². The molecule has 31 heavy (non-hydrogen) atoms. The van der Waals surface area contributed by atoms with Crippen molar-refractivity contribution in [2.75, 3.05) is 25.6 Å². The maximum Gasteiger partial charge on any atom is 0.293 e. The Balaban J connectivity index is 2.06. The van der Waals surface area contributed by atoms with Gasteiger partial charge >= 0.3 is 0 Å². The van der Waals surface area contributed by atoms with E-state index in [2.05, 4.69) is 21.9 Å². The van der Waals surface area contributed by atoms with Crippen molar-refractivity contribution in [1.82, 2.24) is 19.3 Å². The summed E-state index contributed by atoms with van der Waals surface area (Å²) in [6.45, 7) is 4.25. The molecule has 3 rings (SSSR count). The van der Waals surface area contributed by atoms with E-state index in [-0.39, 0.29) is 24.9 Å². The molecule has 0 aliphatic heterocycles. The molecule has 1 atom stereocenters. The van der Waals surface area contributed by atoms with Crippen molar-refractivity contribution in [1.29, 1.82) is 0 Å². The highest BCUT2D eigenvalue weighted by Crippen LogP contribution is 2.20. The van der Waals surface area contributed by atoms with Gasteiger partial charge in [0.25, 0.3) is 5.56 Å². The van der Waals surface area contributed by atoms with Gasteiger partial charge in [-0.15, -0.1) is 5.92 Å². The molecule has 0 bridgehead atoms. The zero-order valence-electron chi connectivity index (χ0n) is 18.1. The average Bonchev–Trinajstić information content (AvgIpc) is 3.13. The lowest BCUT2D eigenvalue weighted by Crippen LogP contribution is -2.34. The van der Waals surface area contributed by atoms with E-state index < -0.39 is 5.56 Å². The molecule has 2 heterocycles. The number of nitrogens with two attached hydrogens (primary N) is 1. The summed E-state index contributed by atoms with van der Waals surface area (Å²) in [4.78, 5) is 32.5. The summed E-state index contributed by atoms with van der Waals surface area (Å²) >= 11 is 0. The van der Waals surface area contributed by atoms with Crippen LogP contribution in [-0.2, 0) is 13.1 Å². The van der Waals surface area contributed by atoms with Crippen LogP contribution in [0.25, 0.3) is 11.0 Å². The number of likely N-dealkylation sites (N-methyl/N-ethyl adjacent to an activating group) is 1. The number of para-hydroxylation sites is 1. The second-order valence-corrected chi connectivity index (χ2v) is 7.25. The predicted octanol–water partition coefficient (Wildman–Crippen LogP) is 1.29. The van der Waals surface area contributed by atoms with E-state index in [1.807, 2.05) is 18.9 Å². The second-order valence-electron chi connectivity index (χ2n) is 7.25. The van der Waals surface area contributed by atoms with Gasteiger partial charge in [0, 0.05) is 19.6 Å². The molecule has 2 aromatic heterocycles. The first-order valence-corrected chi connectivity index (χ1v) is 9.86. The number of benzene rings is 1. The number of anilines is 1. The maximum absolute atomic E-state index is 13.3. The standard InChI is InChI=1S/C22H26N6O3/c1-5-6-11-27-20-17(25-22(27)26(3)13-15(2)23)12-24-28(21(20)30)14-18(29)16-9-7-8-10-19(16)31-4/h7-10,12,15H,11,13-14,23H2,1-4H3. The SMILES string of the molecule is CC#CCn1c(N(C)CC(C)N)nc2cnn(CC(=O)c3ccccc3OC)c(=O)c21. The molecule has 0 fully saturated rings. The zero-order valence-corrected chi connectivity index (χ0v) is 18.1. The first-order valence-electron chi connectivity index (χ1n) is 9.86. The van der Waals surface area contributed by atoms with Crippen LogP contribution in [0.1, 0.15) is 24.2 Å². The molecule has 162 valence electrons. The van der Waals surface area contributed by atoms with Crippen LogP contribution in [0, 0.1) is 11.8 Å². The Labute approximate surface area is 180 Å². The minimum atomic E-state index is -0.411. The topological polar surface area (TPSA) is 108 Å². The third-order valence-electron chi connectivity index (χ3n) is 4.75. The largest absolute Gasteiger partial charge is 0.496 e. The Bertz CT molecular complexity index is 1220. The summed E-state index contributed by atoms with van der Waals surface area (Å²) in [5.74, 6) is 6.57. The molecule has 1 unspecified atom stereocenters. The van der Waals surface area contributed by atoms with Gasteiger partial charge in [-0.05, 0) is 26.0 Å². The van der Waals surface area contributed by atoms with Crippen molar-refractivity contribution in [3.8, 4) is 17.6 Å². The number of aromatic nitrogens is 4. The van der Waals surface area contributed by atoms with Gasteiger partial charge in [0.1, 0.15) is 23.3 Å². The third-order valence-corrected chi connectivity index (χ3v) is 4.75. The lowest BCUT2D eigenvalue weighted by Gasteiger charge is -2.20. The Morgan fingerprint density at radius 1 is 1.35 bits per heavy atom. The van der Waals surface area contributed by atoms with Gasteiger partial charge in [0.15, 0.2) is 5.78 Å². The molecule has 0 aliphatic rings. The number of hydrogen-bond donors (Lipinski definition) is 1. The molecule has 0 radical (unpaired) electrons. The number of imidazole rings is 1. The van der Waals surface area contributed by atoms with E-state index in [0.717, 1.165) is 4.68 Å². The monoisotopic (exact) mass is 422 g/mol. The maximum atomic E-state index is 13.3. The number of hydrogen-bond acceptors (Lipinski definition) is 7. The molecule has 0 saturated carbocycles. The smallest absolute Gasteiger partial charge is 0.293 e. The molecule has 0 saturated heterocycles. The van der Waals surface area contributed by atoms with E-state index in [9.17, 15) is 9.59 Å². The highest BCUT2D eigenvalue weighted by molar-refractivity contribution is 5.98. The summed E-state index contributed by atoms with van der Waals surface area (Å²) in [6, 6.07) is 6.80. The van der Waals surface area contributed by atoms with Crippen LogP contribution in [0.4, 0.5) is 5.95 Å². The third kappa shape index (κ3) is 4.59.